The zero-order chi connectivity index (χ0) is 21.9. The number of carbonyl (C=O) groups is 1. The largest absolute Gasteiger partial charge is 0.418 e. The number of hydrogen-bond acceptors (Lipinski definition) is 6. The van der Waals surface area contributed by atoms with Gasteiger partial charge in [0, 0.05) is 32.2 Å². The lowest BCUT2D eigenvalue weighted by molar-refractivity contribution is -0.136. The molecule has 3 aromatic heterocycles. The van der Waals surface area contributed by atoms with E-state index in [4.69, 9.17) is 0 Å². The van der Waals surface area contributed by atoms with Gasteiger partial charge in [-0.25, -0.2) is 9.97 Å². The first-order valence-electron chi connectivity index (χ1n) is 9.49. The van der Waals surface area contributed by atoms with E-state index in [2.05, 4.69) is 25.5 Å². The molecule has 31 heavy (non-hydrogen) atoms. The normalized spacial score (nSPS) is 17.3. The molecular formula is C19H17F3N8O. The van der Waals surface area contributed by atoms with Gasteiger partial charge >= 0.3 is 6.18 Å². The molecule has 0 unspecified atom stereocenters. The van der Waals surface area contributed by atoms with Crippen molar-refractivity contribution >= 4 is 28.4 Å². The number of carbonyl (C=O) groups excluding carboxylic acids is 1. The lowest BCUT2D eigenvalue weighted by atomic mass is 10.1. The molecule has 0 radical (unpaired) electrons. The Labute approximate surface area is 173 Å². The molecule has 0 bridgehead atoms. The van der Waals surface area contributed by atoms with Gasteiger partial charge < -0.3 is 10.2 Å². The molecule has 1 fully saturated rings. The first-order valence-corrected chi connectivity index (χ1v) is 9.49. The van der Waals surface area contributed by atoms with Gasteiger partial charge in [0.2, 0.25) is 11.9 Å². The van der Waals surface area contributed by atoms with Crippen molar-refractivity contribution in [1.29, 1.82) is 0 Å². The summed E-state index contributed by atoms with van der Waals surface area (Å²) in [6, 6.07) is 3.20. The van der Waals surface area contributed by atoms with Gasteiger partial charge in [-0.15, -0.1) is 5.10 Å². The maximum Gasteiger partial charge on any atom is 0.418 e. The number of likely N-dealkylation sites (tertiary alicyclic amines) is 1. The summed E-state index contributed by atoms with van der Waals surface area (Å²) in [6.07, 6.45) is -0.832. The molecule has 1 amide bonds. The van der Waals surface area contributed by atoms with Crippen LogP contribution in [0.5, 0.6) is 0 Å². The predicted molar refractivity (Wildman–Crippen MR) is 105 cm³/mol. The van der Waals surface area contributed by atoms with Gasteiger partial charge in [-0.3, -0.25) is 9.48 Å². The van der Waals surface area contributed by atoms with Gasteiger partial charge in [0.05, 0.1) is 22.8 Å². The van der Waals surface area contributed by atoms with Crippen molar-refractivity contribution in [2.75, 3.05) is 18.9 Å². The monoisotopic (exact) mass is 430 g/mol. The van der Waals surface area contributed by atoms with E-state index in [0.29, 0.717) is 18.5 Å². The lowest BCUT2D eigenvalue weighted by Crippen LogP contribution is -2.32. The first kappa shape index (κ1) is 19.3. The maximum atomic E-state index is 13.7. The molecule has 4 heterocycles. The highest BCUT2D eigenvalue weighted by molar-refractivity contribution is 5.95. The van der Waals surface area contributed by atoms with Crippen LogP contribution in [0.3, 0.4) is 0 Å². The van der Waals surface area contributed by atoms with Crippen LogP contribution in [0.25, 0.3) is 27.9 Å². The van der Waals surface area contributed by atoms with Crippen LogP contribution in [-0.2, 0) is 18.0 Å². The fourth-order valence-corrected chi connectivity index (χ4v) is 3.73. The van der Waals surface area contributed by atoms with Gasteiger partial charge in [-0.2, -0.15) is 22.8 Å². The zero-order valence-electron chi connectivity index (χ0n) is 16.6. The van der Waals surface area contributed by atoms with E-state index in [1.54, 1.807) is 36.1 Å². The second kappa shape index (κ2) is 6.65. The summed E-state index contributed by atoms with van der Waals surface area (Å²) in [5.41, 5.74) is -0.324. The van der Waals surface area contributed by atoms with Crippen LogP contribution in [0.4, 0.5) is 19.1 Å². The molecule has 9 nitrogen and oxygen atoms in total. The van der Waals surface area contributed by atoms with Crippen LogP contribution in [0.1, 0.15) is 12.0 Å². The number of anilines is 1. The number of amides is 1. The Morgan fingerprint density at radius 2 is 2.00 bits per heavy atom. The number of rotatable bonds is 3. The predicted octanol–water partition coefficient (Wildman–Crippen LogP) is 2.34. The second-order valence-electron chi connectivity index (χ2n) is 7.45. The number of alkyl halides is 3. The van der Waals surface area contributed by atoms with Gasteiger partial charge in [-0.05, 0) is 18.6 Å². The lowest BCUT2D eigenvalue weighted by Gasteiger charge is -2.15. The number of nitrogens with zero attached hydrogens (tertiary/aromatic N) is 7. The van der Waals surface area contributed by atoms with Crippen LogP contribution < -0.4 is 5.32 Å². The summed E-state index contributed by atoms with van der Waals surface area (Å²) in [5, 5.41) is 11.7. The van der Waals surface area contributed by atoms with E-state index < -0.39 is 17.8 Å². The number of benzene rings is 1. The first-order chi connectivity index (χ1) is 14.7. The molecular weight excluding hydrogens is 413 g/mol. The molecule has 1 saturated heterocycles. The number of likely N-dealkylation sites (N-methyl/N-ethyl adjacent to an activating group) is 1. The van der Waals surface area contributed by atoms with E-state index in [9.17, 15) is 18.0 Å². The van der Waals surface area contributed by atoms with Crippen molar-refractivity contribution in [3.8, 4) is 11.4 Å². The molecule has 1 aromatic carbocycles. The van der Waals surface area contributed by atoms with Gasteiger partial charge in [-0.1, -0.05) is 6.07 Å². The van der Waals surface area contributed by atoms with Crippen LogP contribution in [0.15, 0.2) is 30.6 Å². The maximum absolute atomic E-state index is 13.7. The molecule has 4 aromatic rings. The quantitative estimate of drug-likeness (QED) is 0.536. The summed E-state index contributed by atoms with van der Waals surface area (Å²) < 4.78 is 43.9. The molecule has 0 aliphatic carbocycles. The number of aryl methyl sites for hydroxylation is 1. The average Bonchev–Trinajstić information content (AvgIpc) is 3.42. The molecule has 160 valence electrons. The average molecular weight is 430 g/mol. The minimum atomic E-state index is -4.60. The Bertz CT molecular complexity index is 1330. The third kappa shape index (κ3) is 3.14. The molecule has 5 rings (SSSR count). The molecule has 1 N–H and O–H groups in total. The van der Waals surface area contributed by atoms with Gasteiger partial charge in [0.15, 0.2) is 11.5 Å². The molecule has 0 spiro atoms. The Morgan fingerprint density at radius 3 is 2.65 bits per heavy atom. The van der Waals surface area contributed by atoms with E-state index in [-0.39, 0.29) is 34.2 Å². The van der Waals surface area contributed by atoms with Crippen molar-refractivity contribution in [2.45, 2.75) is 18.6 Å². The zero-order valence-corrected chi connectivity index (χ0v) is 16.6. The summed E-state index contributed by atoms with van der Waals surface area (Å²) in [6.45, 7) is 0.541. The summed E-state index contributed by atoms with van der Waals surface area (Å²) in [7, 11) is 3.41. The summed E-state index contributed by atoms with van der Waals surface area (Å²) in [5.74, 6) is 0.153. The van der Waals surface area contributed by atoms with Crippen molar-refractivity contribution in [3.63, 3.8) is 0 Å². The van der Waals surface area contributed by atoms with Crippen LogP contribution in [-0.4, -0.2) is 59.8 Å². The van der Waals surface area contributed by atoms with Gasteiger partial charge in [0.25, 0.3) is 0 Å². The Kier molecular flexibility index (Phi) is 4.14. The molecule has 1 aliphatic heterocycles. The smallest absolute Gasteiger partial charge is 0.344 e. The topological polar surface area (TPSA) is 93.2 Å². The Morgan fingerprint density at radius 1 is 1.19 bits per heavy atom. The van der Waals surface area contributed by atoms with Crippen molar-refractivity contribution in [3.05, 3.63) is 36.2 Å². The minimum absolute atomic E-state index is 0.0236. The number of para-hydroxylation sites is 1. The Balaban J connectivity index is 1.76. The Hall–Kier alpha value is -3.70. The van der Waals surface area contributed by atoms with Crippen LogP contribution in [0.2, 0.25) is 0 Å². The highest BCUT2D eigenvalue weighted by Crippen LogP contribution is 2.36. The SMILES string of the molecule is CN1CC[C@@H](Nc2nc3c(C(F)(F)F)cccc3c3nc(-c4cnn(C)c4)nn23)C1=O. The van der Waals surface area contributed by atoms with E-state index >= 15 is 0 Å². The highest BCUT2D eigenvalue weighted by atomic mass is 19.4. The molecule has 12 heteroatoms. The fourth-order valence-electron chi connectivity index (χ4n) is 3.73. The summed E-state index contributed by atoms with van der Waals surface area (Å²) >= 11 is 0. The van der Waals surface area contributed by atoms with Crippen molar-refractivity contribution < 1.29 is 18.0 Å². The third-order valence-corrected chi connectivity index (χ3v) is 5.30. The van der Waals surface area contributed by atoms with E-state index in [0.717, 1.165) is 6.07 Å². The van der Waals surface area contributed by atoms with E-state index in [1.165, 1.54) is 16.6 Å². The number of fused-ring (bicyclic) bond motifs is 3. The summed E-state index contributed by atoms with van der Waals surface area (Å²) in [4.78, 5) is 22.6. The number of halogens is 3. The standard InChI is InChI=1S/C19H17F3N8O/c1-28-7-6-13(17(28)31)24-18-25-14-11(4-3-5-12(14)19(20,21)22)16-26-15(27-30(16)18)10-8-23-29(2)9-10/h3-5,8-9,13H,6-7H2,1-2H3,(H,24,25)/t13-/m1/s1. The third-order valence-electron chi connectivity index (χ3n) is 5.30. The highest BCUT2D eigenvalue weighted by Gasteiger charge is 2.35. The number of hydrogen-bond donors (Lipinski definition) is 1. The van der Waals surface area contributed by atoms with Gasteiger partial charge in [0.1, 0.15) is 6.04 Å². The van der Waals surface area contributed by atoms with Crippen LogP contribution >= 0.6 is 0 Å². The van der Waals surface area contributed by atoms with Crippen LogP contribution in [0, 0.1) is 0 Å². The second-order valence-corrected chi connectivity index (χ2v) is 7.45. The molecule has 1 aliphatic rings. The van der Waals surface area contributed by atoms with Crippen molar-refractivity contribution in [1.82, 2.24) is 34.3 Å². The van der Waals surface area contributed by atoms with E-state index in [1.807, 2.05) is 0 Å². The number of nitrogens with one attached hydrogen (secondary N) is 1. The molecule has 1 atom stereocenters. The molecule has 0 saturated carbocycles. The number of aromatic nitrogens is 6. The fraction of sp³-hybridized carbons (Fsp3) is 0.316. The van der Waals surface area contributed by atoms with Crippen molar-refractivity contribution in [2.24, 2.45) is 7.05 Å². The minimum Gasteiger partial charge on any atom is -0.344 e.